The molecule has 2 aliphatic rings. The van der Waals surface area contributed by atoms with E-state index in [1.54, 1.807) is 29.6 Å². The number of benzene rings is 1. The SMILES string of the molecule is CC(O)(c1ccc(N2CCN(S(=O)(=O)c3cccs3)C[C@@H]2CNCC2CCC2)cc1)C(F)(F)F. The van der Waals surface area contributed by atoms with Crippen molar-refractivity contribution in [1.82, 2.24) is 9.62 Å². The molecule has 0 amide bonds. The predicted molar refractivity (Wildman–Crippen MR) is 126 cm³/mol. The van der Waals surface area contributed by atoms with Gasteiger partial charge in [0.2, 0.25) is 0 Å². The van der Waals surface area contributed by atoms with E-state index in [9.17, 15) is 26.7 Å². The number of nitrogens with one attached hydrogen (secondary N) is 1. The van der Waals surface area contributed by atoms with Crippen molar-refractivity contribution in [2.75, 3.05) is 37.6 Å². The normalized spacial score (nSPS) is 22.4. The smallest absolute Gasteiger partial charge is 0.376 e. The zero-order chi connectivity index (χ0) is 24.6. The molecule has 1 aliphatic carbocycles. The monoisotopic (exact) mass is 517 g/mol. The van der Waals surface area contributed by atoms with E-state index in [1.807, 2.05) is 4.90 Å². The molecule has 1 unspecified atom stereocenters. The maximum absolute atomic E-state index is 13.2. The van der Waals surface area contributed by atoms with Crippen molar-refractivity contribution in [1.29, 1.82) is 0 Å². The number of thiophene rings is 1. The van der Waals surface area contributed by atoms with Gasteiger partial charge in [-0.25, -0.2) is 8.42 Å². The number of anilines is 1. The molecule has 0 spiro atoms. The Hall–Kier alpha value is -1.66. The molecule has 1 saturated carbocycles. The molecule has 188 valence electrons. The maximum Gasteiger partial charge on any atom is 0.421 e. The Bertz CT molecular complexity index is 1050. The number of nitrogens with zero attached hydrogens (tertiary/aromatic N) is 2. The Balaban J connectivity index is 1.52. The van der Waals surface area contributed by atoms with Crippen molar-refractivity contribution < 1.29 is 26.7 Å². The minimum Gasteiger partial charge on any atom is -0.376 e. The van der Waals surface area contributed by atoms with Gasteiger partial charge in [-0.1, -0.05) is 24.6 Å². The molecule has 6 nitrogen and oxygen atoms in total. The molecular weight excluding hydrogens is 487 g/mol. The minimum atomic E-state index is -4.79. The summed E-state index contributed by atoms with van der Waals surface area (Å²) in [6.45, 7) is 3.14. The van der Waals surface area contributed by atoms with Crippen LogP contribution in [0.1, 0.15) is 31.7 Å². The van der Waals surface area contributed by atoms with Crippen LogP contribution >= 0.6 is 11.3 Å². The first-order valence-corrected chi connectivity index (χ1v) is 13.7. The summed E-state index contributed by atoms with van der Waals surface area (Å²) >= 11 is 1.19. The number of rotatable bonds is 8. The third kappa shape index (κ3) is 5.13. The van der Waals surface area contributed by atoms with Crippen molar-refractivity contribution in [3.8, 4) is 0 Å². The molecule has 11 heteroatoms. The van der Waals surface area contributed by atoms with Crippen molar-refractivity contribution in [2.45, 2.75) is 48.2 Å². The Kier molecular flexibility index (Phi) is 7.31. The van der Waals surface area contributed by atoms with Crippen LogP contribution in [0.4, 0.5) is 18.9 Å². The van der Waals surface area contributed by atoms with E-state index in [2.05, 4.69) is 5.32 Å². The largest absolute Gasteiger partial charge is 0.421 e. The summed E-state index contributed by atoms with van der Waals surface area (Å²) in [5.41, 5.74) is -2.48. The van der Waals surface area contributed by atoms with E-state index in [4.69, 9.17) is 0 Å². The fraction of sp³-hybridized carbons (Fsp3) is 0.565. The molecule has 34 heavy (non-hydrogen) atoms. The second kappa shape index (κ2) is 9.77. The topological polar surface area (TPSA) is 72.9 Å². The second-order valence-corrected chi connectivity index (χ2v) is 12.3. The molecule has 2 heterocycles. The van der Waals surface area contributed by atoms with Gasteiger partial charge >= 0.3 is 6.18 Å². The Morgan fingerprint density at radius 3 is 2.38 bits per heavy atom. The Morgan fingerprint density at radius 1 is 1.12 bits per heavy atom. The predicted octanol–water partition coefficient (Wildman–Crippen LogP) is 3.79. The summed E-state index contributed by atoms with van der Waals surface area (Å²) in [7, 11) is -3.60. The molecule has 4 rings (SSSR count). The number of hydrogen-bond acceptors (Lipinski definition) is 6. The highest BCUT2D eigenvalue weighted by atomic mass is 32.2. The number of aliphatic hydroxyl groups is 1. The van der Waals surface area contributed by atoms with E-state index >= 15 is 0 Å². The molecule has 2 aromatic rings. The van der Waals surface area contributed by atoms with E-state index < -0.39 is 21.8 Å². The van der Waals surface area contributed by atoms with Crippen molar-refractivity contribution >= 4 is 27.0 Å². The van der Waals surface area contributed by atoms with Gasteiger partial charge in [-0.05, 0) is 61.4 Å². The highest BCUT2D eigenvalue weighted by Gasteiger charge is 2.51. The molecular formula is C23H30F3N3O3S2. The van der Waals surface area contributed by atoms with Gasteiger partial charge in [0.25, 0.3) is 10.0 Å². The van der Waals surface area contributed by atoms with Crippen molar-refractivity contribution in [3.05, 3.63) is 47.3 Å². The number of sulfonamides is 1. The van der Waals surface area contributed by atoms with Crippen LogP contribution in [0.2, 0.25) is 0 Å². The van der Waals surface area contributed by atoms with Crippen LogP contribution in [-0.2, 0) is 15.6 Å². The van der Waals surface area contributed by atoms with Crippen LogP contribution in [0.25, 0.3) is 0 Å². The number of alkyl halides is 3. The highest BCUT2D eigenvalue weighted by Crippen LogP contribution is 2.39. The fourth-order valence-corrected chi connectivity index (χ4v) is 7.00. The van der Waals surface area contributed by atoms with E-state index in [0.29, 0.717) is 28.9 Å². The van der Waals surface area contributed by atoms with Crippen LogP contribution in [0, 0.1) is 5.92 Å². The first-order chi connectivity index (χ1) is 16.0. The van der Waals surface area contributed by atoms with Gasteiger partial charge in [-0.2, -0.15) is 17.5 Å². The maximum atomic E-state index is 13.2. The first-order valence-electron chi connectivity index (χ1n) is 11.4. The summed E-state index contributed by atoms with van der Waals surface area (Å²) in [4.78, 5) is 2.04. The zero-order valence-corrected chi connectivity index (χ0v) is 20.6. The summed E-state index contributed by atoms with van der Waals surface area (Å²) < 4.78 is 67.6. The van der Waals surface area contributed by atoms with Crippen LogP contribution in [-0.4, -0.2) is 62.8 Å². The zero-order valence-electron chi connectivity index (χ0n) is 19.0. The van der Waals surface area contributed by atoms with Crippen molar-refractivity contribution in [3.63, 3.8) is 0 Å². The molecule has 2 atom stereocenters. The molecule has 0 bridgehead atoms. The number of hydrogen-bond donors (Lipinski definition) is 2. The van der Waals surface area contributed by atoms with Crippen LogP contribution < -0.4 is 10.2 Å². The third-order valence-corrected chi connectivity index (χ3v) is 10.1. The van der Waals surface area contributed by atoms with Gasteiger partial charge in [-0.15, -0.1) is 11.3 Å². The average molecular weight is 518 g/mol. The summed E-state index contributed by atoms with van der Waals surface area (Å²) in [5.74, 6) is 0.645. The first kappa shape index (κ1) is 25.4. The standard InChI is InChI=1S/C23H30F3N3O3S2/c1-22(30,23(24,25)26)18-7-9-19(10-8-18)29-12-11-28(34(31,32)21-6-3-13-33-21)16-20(29)15-27-14-17-4-2-5-17/h3,6-10,13,17,20,27,30H,2,4-5,11-12,14-16H2,1H3/t20-,22?/m0/s1. The lowest BCUT2D eigenvalue weighted by molar-refractivity contribution is -0.258. The summed E-state index contributed by atoms with van der Waals surface area (Å²) in [5, 5.41) is 15.2. The molecule has 1 aromatic heterocycles. The lowest BCUT2D eigenvalue weighted by atomic mass is 9.85. The van der Waals surface area contributed by atoms with Gasteiger partial charge in [0.05, 0.1) is 6.04 Å². The van der Waals surface area contributed by atoms with Crippen LogP contribution in [0.5, 0.6) is 0 Å². The Labute approximate surface area is 202 Å². The van der Waals surface area contributed by atoms with E-state index in [0.717, 1.165) is 13.5 Å². The lowest BCUT2D eigenvalue weighted by Crippen LogP contribution is -2.58. The van der Waals surface area contributed by atoms with Gasteiger partial charge in [0.1, 0.15) is 4.21 Å². The second-order valence-electron chi connectivity index (χ2n) is 9.21. The van der Waals surface area contributed by atoms with Crippen LogP contribution in [0.3, 0.4) is 0 Å². The van der Waals surface area contributed by atoms with Gasteiger partial charge in [-0.3, -0.25) is 0 Å². The fourth-order valence-electron chi connectivity index (χ4n) is 4.39. The van der Waals surface area contributed by atoms with Gasteiger partial charge in [0.15, 0.2) is 5.60 Å². The van der Waals surface area contributed by atoms with E-state index in [-0.39, 0.29) is 24.7 Å². The van der Waals surface area contributed by atoms with Crippen LogP contribution in [0.15, 0.2) is 46.0 Å². The van der Waals surface area contributed by atoms with Gasteiger partial charge < -0.3 is 15.3 Å². The summed E-state index contributed by atoms with van der Waals surface area (Å²) in [6.07, 6.45) is -1.16. The molecule has 1 aliphatic heterocycles. The van der Waals surface area contributed by atoms with Crippen molar-refractivity contribution in [2.24, 2.45) is 5.92 Å². The summed E-state index contributed by atoms with van der Waals surface area (Å²) in [6, 6.07) is 8.84. The molecule has 1 saturated heterocycles. The molecule has 1 aromatic carbocycles. The Morgan fingerprint density at radius 2 is 1.82 bits per heavy atom. The highest BCUT2D eigenvalue weighted by molar-refractivity contribution is 7.91. The number of halogens is 3. The quantitative estimate of drug-likeness (QED) is 0.558. The average Bonchev–Trinajstić information content (AvgIpc) is 3.30. The third-order valence-electron chi connectivity index (χ3n) is 6.89. The molecule has 2 fully saturated rings. The minimum absolute atomic E-state index is 0.183. The van der Waals surface area contributed by atoms with Gasteiger partial charge in [0, 0.05) is 31.9 Å². The number of piperazine rings is 1. The lowest BCUT2D eigenvalue weighted by Gasteiger charge is -2.42. The molecule has 0 radical (unpaired) electrons. The molecule has 2 N–H and O–H groups in total. The van der Waals surface area contributed by atoms with E-state index in [1.165, 1.54) is 47.0 Å².